The van der Waals surface area contributed by atoms with Crippen LogP contribution in [0.1, 0.15) is 18.4 Å². The molecule has 0 aromatic heterocycles. The van der Waals surface area contributed by atoms with Crippen molar-refractivity contribution in [2.75, 3.05) is 7.11 Å². The summed E-state index contributed by atoms with van der Waals surface area (Å²) in [5.74, 6) is -0.105. The van der Waals surface area contributed by atoms with Crippen LogP contribution in [0.15, 0.2) is 24.3 Å². The Labute approximate surface area is 94.4 Å². The highest BCUT2D eigenvalue weighted by atomic mass is 19.1. The van der Waals surface area contributed by atoms with Gasteiger partial charge in [0.25, 0.3) is 0 Å². The second kappa shape index (κ2) is 4.64. The maximum absolute atomic E-state index is 13.0. The lowest BCUT2D eigenvalue weighted by atomic mass is 9.95. The van der Waals surface area contributed by atoms with Crippen molar-refractivity contribution in [1.29, 1.82) is 0 Å². The van der Waals surface area contributed by atoms with E-state index in [1.165, 1.54) is 19.2 Å². The van der Waals surface area contributed by atoms with Crippen LogP contribution < -0.4 is 0 Å². The van der Waals surface area contributed by atoms with Gasteiger partial charge in [-0.1, -0.05) is 12.1 Å². The smallest absolute Gasteiger partial charge is 0.309 e. The highest BCUT2D eigenvalue weighted by molar-refractivity contribution is 5.73. The number of halogens is 1. The summed E-state index contributed by atoms with van der Waals surface area (Å²) in [6.07, 6.45) is 2.74. The van der Waals surface area contributed by atoms with Crippen molar-refractivity contribution in [2.24, 2.45) is 11.8 Å². The molecule has 1 aliphatic carbocycles. The number of benzene rings is 1. The molecule has 0 aliphatic heterocycles. The third-order valence-electron chi connectivity index (χ3n) is 3.04. The van der Waals surface area contributed by atoms with Crippen LogP contribution in [0.2, 0.25) is 0 Å². The van der Waals surface area contributed by atoms with Crippen LogP contribution in [-0.2, 0) is 16.0 Å². The van der Waals surface area contributed by atoms with Crippen molar-refractivity contribution in [3.8, 4) is 0 Å². The molecular weight excluding hydrogens is 207 g/mol. The molecule has 0 bridgehead atoms. The van der Waals surface area contributed by atoms with Gasteiger partial charge in [0.05, 0.1) is 13.0 Å². The monoisotopic (exact) mass is 222 g/mol. The molecule has 1 aromatic rings. The van der Waals surface area contributed by atoms with Crippen molar-refractivity contribution in [3.63, 3.8) is 0 Å². The molecule has 1 unspecified atom stereocenters. The third-order valence-corrected chi connectivity index (χ3v) is 3.04. The van der Waals surface area contributed by atoms with Crippen LogP contribution in [0, 0.1) is 17.7 Å². The summed E-state index contributed by atoms with van der Waals surface area (Å²) in [6, 6.07) is 6.42. The van der Waals surface area contributed by atoms with Crippen LogP contribution in [0.4, 0.5) is 4.39 Å². The van der Waals surface area contributed by atoms with Gasteiger partial charge in [-0.3, -0.25) is 4.79 Å². The standard InChI is InChI=1S/C13H15FO2/c1-16-13(15)12(10-5-6-10)8-9-3-2-4-11(14)7-9/h2-4,7,10,12H,5-6,8H2,1H3. The fourth-order valence-electron chi connectivity index (χ4n) is 2.01. The number of esters is 1. The molecule has 1 atom stereocenters. The maximum atomic E-state index is 13.0. The van der Waals surface area contributed by atoms with E-state index >= 15 is 0 Å². The molecule has 1 aliphatic rings. The molecule has 1 fully saturated rings. The number of ether oxygens (including phenoxy) is 1. The third kappa shape index (κ3) is 2.60. The fourth-order valence-corrected chi connectivity index (χ4v) is 2.01. The van der Waals surface area contributed by atoms with Crippen molar-refractivity contribution in [1.82, 2.24) is 0 Å². The Morgan fingerprint density at radius 2 is 2.31 bits per heavy atom. The molecule has 0 heterocycles. The van der Waals surface area contributed by atoms with Crippen LogP contribution in [0.25, 0.3) is 0 Å². The van der Waals surface area contributed by atoms with Crippen molar-refractivity contribution >= 4 is 5.97 Å². The quantitative estimate of drug-likeness (QED) is 0.732. The zero-order valence-corrected chi connectivity index (χ0v) is 9.28. The predicted octanol–water partition coefficient (Wildman–Crippen LogP) is 2.57. The Bertz CT molecular complexity index is 385. The first-order chi connectivity index (χ1) is 7.70. The molecule has 0 N–H and O–H groups in total. The lowest BCUT2D eigenvalue weighted by molar-refractivity contribution is -0.146. The highest BCUT2D eigenvalue weighted by Crippen LogP contribution is 2.39. The molecule has 1 aromatic carbocycles. The second-order valence-corrected chi connectivity index (χ2v) is 4.30. The van der Waals surface area contributed by atoms with Crippen LogP contribution in [0.5, 0.6) is 0 Å². The molecule has 0 spiro atoms. The minimum atomic E-state index is -0.253. The minimum Gasteiger partial charge on any atom is -0.469 e. The molecular formula is C13H15FO2. The predicted molar refractivity (Wildman–Crippen MR) is 58.3 cm³/mol. The first kappa shape index (κ1) is 11.1. The van der Waals surface area contributed by atoms with Gasteiger partial charge in [0.2, 0.25) is 0 Å². The normalized spacial score (nSPS) is 16.9. The summed E-state index contributed by atoms with van der Waals surface area (Å²) in [5, 5.41) is 0. The zero-order valence-electron chi connectivity index (χ0n) is 9.28. The van der Waals surface area contributed by atoms with E-state index in [2.05, 4.69) is 0 Å². The van der Waals surface area contributed by atoms with Crippen LogP contribution in [-0.4, -0.2) is 13.1 Å². The van der Waals surface area contributed by atoms with E-state index in [4.69, 9.17) is 4.74 Å². The Hall–Kier alpha value is -1.38. The molecule has 0 amide bonds. The summed E-state index contributed by atoms with van der Waals surface area (Å²) in [5.41, 5.74) is 0.863. The number of carbonyl (C=O) groups is 1. The largest absolute Gasteiger partial charge is 0.469 e. The topological polar surface area (TPSA) is 26.3 Å². The van der Waals surface area contributed by atoms with Gasteiger partial charge < -0.3 is 4.74 Å². The molecule has 2 rings (SSSR count). The van der Waals surface area contributed by atoms with Gasteiger partial charge in [0.15, 0.2) is 0 Å². The average Bonchev–Trinajstić information content (AvgIpc) is 3.09. The number of hydrogen-bond acceptors (Lipinski definition) is 2. The molecule has 2 nitrogen and oxygen atoms in total. The Balaban J connectivity index is 2.08. The SMILES string of the molecule is COC(=O)C(Cc1cccc(F)c1)C1CC1. The Kier molecular flexibility index (Phi) is 3.22. The highest BCUT2D eigenvalue weighted by Gasteiger charge is 2.36. The lowest BCUT2D eigenvalue weighted by Crippen LogP contribution is -2.20. The molecule has 0 saturated heterocycles. The van der Waals surface area contributed by atoms with Gasteiger partial charge in [-0.15, -0.1) is 0 Å². The van der Waals surface area contributed by atoms with Crippen molar-refractivity contribution < 1.29 is 13.9 Å². The zero-order chi connectivity index (χ0) is 11.5. The second-order valence-electron chi connectivity index (χ2n) is 4.30. The number of carbonyl (C=O) groups excluding carboxylic acids is 1. The molecule has 86 valence electrons. The van der Waals surface area contributed by atoms with Gasteiger partial charge in [-0.05, 0) is 42.9 Å². The fraction of sp³-hybridized carbons (Fsp3) is 0.462. The molecule has 0 radical (unpaired) electrons. The first-order valence-corrected chi connectivity index (χ1v) is 5.53. The molecule has 3 heteroatoms. The Morgan fingerprint density at radius 3 is 2.88 bits per heavy atom. The van der Waals surface area contributed by atoms with E-state index in [0.29, 0.717) is 12.3 Å². The van der Waals surface area contributed by atoms with Crippen molar-refractivity contribution in [2.45, 2.75) is 19.3 Å². The molecule has 16 heavy (non-hydrogen) atoms. The molecule has 1 saturated carbocycles. The van der Waals surface area contributed by atoms with E-state index in [0.717, 1.165) is 18.4 Å². The van der Waals surface area contributed by atoms with Gasteiger partial charge in [-0.25, -0.2) is 4.39 Å². The first-order valence-electron chi connectivity index (χ1n) is 5.53. The van der Waals surface area contributed by atoms with E-state index in [9.17, 15) is 9.18 Å². The summed E-state index contributed by atoms with van der Waals surface area (Å²) in [4.78, 5) is 11.6. The Morgan fingerprint density at radius 1 is 1.56 bits per heavy atom. The van der Waals surface area contributed by atoms with Gasteiger partial charge in [0.1, 0.15) is 5.82 Å². The van der Waals surface area contributed by atoms with Gasteiger partial charge in [-0.2, -0.15) is 0 Å². The van der Waals surface area contributed by atoms with E-state index in [1.54, 1.807) is 6.07 Å². The minimum absolute atomic E-state index is 0.105. The number of hydrogen-bond donors (Lipinski definition) is 0. The van der Waals surface area contributed by atoms with Gasteiger partial charge >= 0.3 is 5.97 Å². The average molecular weight is 222 g/mol. The van der Waals surface area contributed by atoms with Gasteiger partial charge in [0, 0.05) is 0 Å². The maximum Gasteiger partial charge on any atom is 0.309 e. The summed E-state index contributed by atoms with van der Waals surface area (Å²) < 4.78 is 17.8. The van der Waals surface area contributed by atoms with E-state index < -0.39 is 0 Å². The van der Waals surface area contributed by atoms with Crippen LogP contribution in [0.3, 0.4) is 0 Å². The lowest BCUT2D eigenvalue weighted by Gasteiger charge is -2.13. The van der Waals surface area contributed by atoms with Crippen LogP contribution >= 0.6 is 0 Å². The van der Waals surface area contributed by atoms with E-state index in [1.807, 2.05) is 6.07 Å². The summed E-state index contributed by atoms with van der Waals surface area (Å²) >= 11 is 0. The number of methoxy groups -OCH3 is 1. The number of rotatable bonds is 4. The summed E-state index contributed by atoms with van der Waals surface area (Å²) in [6.45, 7) is 0. The summed E-state index contributed by atoms with van der Waals surface area (Å²) in [7, 11) is 1.41. The van der Waals surface area contributed by atoms with E-state index in [-0.39, 0.29) is 17.7 Å². The van der Waals surface area contributed by atoms with Crippen molar-refractivity contribution in [3.05, 3.63) is 35.6 Å².